The molecular formula is C34H48N2O2P2. The molecule has 10 atom stereocenters. The van der Waals surface area contributed by atoms with Crippen LogP contribution in [-0.2, 0) is 9.59 Å². The second-order valence-electron chi connectivity index (χ2n) is 12.4. The molecule has 4 nitrogen and oxygen atoms in total. The van der Waals surface area contributed by atoms with Gasteiger partial charge in [0.2, 0.25) is 11.8 Å². The standard InChI is InChI=1S/C34H48N2O2P2/c1-23(25-13-5-3-6-14-25)39-31-21-11-17-27(31)33(37)35-29-19-9-10-20-30(29)36-34(38)28-18-12-22-32(28)40-24(2)26-15-7-4-8-16-26/h3-8,13-16,23-24,27-32,39-40H,9-12,17-22H2,1-2H3,(H,35,37)(H,36,38)/t23?,24?,27-,28?,29?,30-,31?,32?/m0/s1. The van der Waals surface area contributed by atoms with Crippen molar-refractivity contribution in [1.29, 1.82) is 0 Å². The average Bonchev–Trinajstić information content (AvgIpc) is 3.65. The number of carbonyl (C=O) groups excluding carboxylic acids is 2. The molecule has 6 heteroatoms. The van der Waals surface area contributed by atoms with E-state index in [4.69, 9.17) is 0 Å². The topological polar surface area (TPSA) is 58.2 Å². The van der Waals surface area contributed by atoms with Gasteiger partial charge in [0.15, 0.2) is 0 Å². The summed E-state index contributed by atoms with van der Waals surface area (Å²) in [6.07, 6.45) is 10.8. The number of carbonyl (C=O) groups is 2. The van der Waals surface area contributed by atoms with Crippen LogP contribution in [0.4, 0.5) is 0 Å². The Morgan fingerprint density at radius 3 is 1.40 bits per heavy atom. The maximum Gasteiger partial charge on any atom is 0.224 e. The molecule has 2 N–H and O–H groups in total. The van der Waals surface area contributed by atoms with Crippen LogP contribution < -0.4 is 10.6 Å². The molecule has 5 rings (SSSR count). The SMILES string of the molecule is CC(PC1CCCC1C(=O)N[C@H]1CCCCC1NC(=O)[C@H]1CCCC1PC(C)c1ccccc1)c1ccccc1. The summed E-state index contributed by atoms with van der Waals surface area (Å²) in [6, 6.07) is 21.6. The Hall–Kier alpha value is -1.76. The third kappa shape index (κ3) is 7.54. The van der Waals surface area contributed by atoms with Crippen LogP contribution >= 0.6 is 17.2 Å². The molecule has 216 valence electrons. The number of hydrogen-bond acceptors (Lipinski definition) is 2. The van der Waals surface area contributed by atoms with E-state index in [1.165, 1.54) is 11.1 Å². The molecule has 3 aliphatic carbocycles. The third-order valence-electron chi connectivity index (χ3n) is 9.65. The van der Waals surface area contributed by atoms with Gasteiger partial charge in [0.25, 0.3) is 0 Å². The van der Waals surface area contributed by atoms with Gasteiger partial charge in [-0.05, 0) is 72.3 Å². The fourth-order valence-corrected chi connectivity index (χ4v) is 11.2. The van der Waals surface area contributed by atoms with Crippen molar-refractivity contribution < 1.29 is 9.59 Å². The van der Waals surface area contributed by atoms with E-state index in [0.717, 1.165) is 81.4 Å². The van der Waals surface area contributed by atoms with Gasteiger partial charge in [0.1, 0.15) is 0 Å². The van der Waals surface area contributed by atoms with Crippen LogP contribution in [0.25, 0.3) is 0 Å². The fraction of sp³-hybridized carbons (Fsp3) is 0.588. The van der Waals surface area contributed by atoms with E-state index in [1.807, 2.05) is 0 Å². The number of amides is 2. The first-order valence-electron chi connectivity index (χ1n) is 15.7. The summed E-state index contributed by atoms with van der Waals surface area (Å²) in [7, 11) is 1.54. The number of hydrogen-bond donors (Lipinski definition) is 2. The predicted octanol–water partition coefficient (Wildman–Crippen LogP) is 7.75. The van der Waals surface area contributed by atoms with Gasteiger partial charge in [0.05, 0.1) is 0 Å². The van der Waals surface area contributed by atoms with Gasteiger partial charge < -0.3 is 10.6 Å². The summed E-state index contributed by atoms with van der Waals surface area (Å²) in [5.74, 6) is 0.696. The minimum Gasteiger partial charge on any atom is -0.351 e. The van der Waals surface area contributed by atoms with Crippen LogP contribution in [0.15, 0.2) is 60.7 Å². The first kappa shape index (κ1) is 29.7. The van der Waals surface area contributed by atoms with Gasteiger partial charge in [0, 0.05) is 23.9 Å². The zero-order valence-corrected chi connectivity index (χ0v) is 26.3. The molecule has 0 spiro atoms. The number of nitrogens with one attached hydrogen (secondary N) is 2. The molecule has 3 fully saturated rings. The van der Waals surface area contributed by atoms with Gasteiger partial charge in [-0.25, -0.2) is 0 Å². The molecule has 0 heterocycles. The molecule has 0 aliphatic heterocycles. The normalized spacial score (nSPS) is 30.6. The molecule has 0 bridgehead atoms. The Kier molecular flexibility index (Phi) is 10.7. The molecule has 2 aromatic carbocycles. The maximum absolute atomic E-state index is 13.6. The molecule has 0 radical (unpaired) electrons. The fourth-order valence-electron chi connectivity index (χ4n) is 7.32. The van der Waals surface area contributed by atoms with Gasteiger partial charge in [-0.1, -0.05) is 100 Å². The Labute approximate surface area is 245 Å². The molecule has 0 aromatic heterocycles. The van der Waals surface area contributed by atoms with Gasteiger partial charge in [-0.3, -0.25) is 9.59 Å². The smallest absolute Gasteiger partial charge is 0.224 e. The van der Waals surface area contributed by atoms with Crippen molar-refractivity contribution in [3.05, 3.63) is 71.8 Å². The second-order valence-corrected chi connectivity index (χ2v) is 16.3. The van der Waals surface area contributed by atoms with Crippen molar-refractivity contribution >= 4 is 29.0 Å². The van der Waals surface area contributed by atoms with E-state index in [0.29, 0.717) is 22.6 Å². The van der Waals surface area contributed by atoms with Crippen LogP contribution in [0.2, 0.25) is 0 Å². The Balaban J connectivity index is 1.16. The highest BCUT2D eigenvalue weighted by Crippen LogP contribution is 2.48. The molecule has 8 unspecified atom stereocenters. The Bertz CT molecular complexity index is 1010. The van der Waals surface area contributed by atoms with Crippen LogP contribution in [0, 0.1) is 11.8 Å². The summed E-state index contributed by atoms with van der Waals surface area (Å²) in [6.45, 7) is 4.62. The highest BCUT2D eigenvalue weighted by Gasteiger charge is 2.39. The molecule has 2 amide bonds. The summed E-state index contributed by atoms with van der Waals surface area (Å²) < 4.78 is 0. The van der Waals surface area contributed by atoms with Crippen LogP contribution in [-0.4, -0.2) is 35.2 Å². The lowest BCUT2D eigenvalue weighted by Gasteiger charge is -2.35. The summed E-state index contributed by atoms with van der Waals surface area (Å²) in [4.78, 5) is 27.2. The van der Waals surface area contributed by atoms with Crippen molar-refractivity contribution in [3.8, 4) is 0 Å². The van der Waals surface area contributed by atoms with Crippen LogP contribution in [0.5, 0.6) is 0 Å². The minimum absolute atomic E-state index is 0.0619. The molecule has 0 saturated heterocycles. The molecule has 40 heavy (non-hydrogen) atoms. The lowest BCUT2D eigenvalue weighted by atomic mass is 9.89. The summed E-state index contributed by atoms with van der Waals surface area (Å²) in [5, 5.41) is 6.93. The van der Waals surface area contributed by atoms with Crippen LogP contribution in [0.1, 0.15) is 101 Å². The van der Waals surface area contributed by atoms with Gasteiger partial charge in [-0.15, -0.1) is 17.2 Å². The zero-order valence-electron chi connectivity index (χ0n) is 24.3. The quantitative estimate of drug-likeness (QED) is 0.283. The molecule has 2 aromatic rings. The van der Waals surface area contributed by atoms with Gasteiger partial charge in [-0.2, -0.15) is 0 Å². The number of rotatable bonds is 10. The predicted molar refractivity (Wildman–Crippen MR) is 171 cm³/mol. The van der Waals surface area contributed by atoms with E-state index < -0.39 is 0 Å². The largest absolute Gasteiger partial charge is 0.351 e. The summed E-state index contributed by atoms with van der Waals surface area (Å²) >= 11 is 0. The summed E-state index contributed by atoms with van der Waals surface area (Å²) in [5.41, 5.74) is 4.69. The maximum atomic E-state index is 13.6. The highest BCUT2D eigenvalue weighted by molar-refractivity contribution is 7.39. The van der Waals surface area contributed by atoms with Crippen LogP contribution in [0.3, 0.4) is 0 Å². The highest BCUT2D eigenvalue weighted by atomic mass is 31.1. The van der Waals surface area contributed by atoms with E-state index in [2.05, 4.69) is 85.1 Å². The van der Waals surface area contributed by atoms with Crippen molar-refractivity contribution in [1.82, 2.24) is 10.6 Å². The van der Waals surface area contributed by atoms with E-state index >= 15 is 0 Å². The van der Waals surface area contributed by atoms with Crippen molar-refractivity contribution in [2.45, 2.75) is 113 Å². The molecule has 3 saturated carbocycles. The Morgan fingerprint density at radius 2 is 1.00 bits per heavy atom. The van der Waals surface area contributed by atoms with Crippen molar-refractivity contribution in [2.75, 3.05) is 0 Å². The van der Waals surface area contributed by atoms with E-state index in [9.17, 15) is 9.59 Å². The molecular weight excluding hydrogens is 530 g/mol. The van der Waals surface area contributed by atoms with E-state index in [-0.39, 0.29) is 35.7 Å². The lowest BCUT2D eigenvalue weighted by molar-refractivity contribution is -0.128. The molecule has 3 aliphatic rings. The second kappa shape index (κ2) is 14.4. The lowest BCUT2D eigenvalue weighted by Crippen LogP contribution is -2.55. The Morgan fingerprint density at radius 1 is 0.600 bits per heavy atom. The first-order valence-corrected chi connectivity index (χ1v) is 18.0. The zero-order chi connectivity index (χ0) is 27.9. The number of benzene rings is 2. The first-order chi connectivity index (χ1) is 19.5. The average molecular weight is 579 g/mol. The minimum atomic E-state index is 0.0619. The van der Waals surface area contributed by atoms with Gasteiger partial charge >= 0.3 is 0 Å². The van der Waals surface area contributed by atoms with Crippen molar-refractivity contribution in [3.63, 3.8) is 0 Å². The van der Waals surface area contributed by atoms with Crippen molar-refractivity contribution in [2.24, 2.45) is 11.8 Å². The van der Waals surface area contributed by atoms with E-state index in [1.54, 1.807) is 0 Å². The third-order valence-corrected chi connectivity index (χ3v) is 13.6. The monoisotopic (exact) mass is 578 g/mol.